The summed E-state index contributed by atoms with van der Waals surface area (Å²) in [6.45, 7) is 8.10. The van der Waals surface area contributed by atoms with Crippen molar-refractivity contribution in [3.63, 3.8) is 0 Å². The first kappa shape index (κ1) is 23.9. The molecule has 0 saturated carbocycles. The number of carbonyl (C=O) groups excluding carboxylic acids is 1. The molecule has 33 heavy (non-hydrogen) atoms. The minimum absolute atomic E-state index is 0.112. The van der Waals surface area contributed by atoms with Gasteiger partial charge in [0.2, 0.25) is 0 Å². The van der Waals surface area contributed by atoms with E-state index in [2.05, 4.69) is 23.8 Å². The molecule has 0 spiro atoms. The maximum Gasteiger partial charge on any atom is 0.267 e. The summed E-state index contributed by atoms with van der Waals surface area (Å²) in [5, 5.41) is 0. The van der Waals surface area contributed by atoms with Gasteiger partial charge in [0.15, 0.2) is 0 Å². The van der Waals surface area contributed by atoms with Crippen molar-refractivity contribution in [2.24, 2.45) is 0 Å². The number of nitrogens with zero attached hydrogens (tertiary/aromatic N) is 5. The molecule has 2 fully saturated rings. The van der Waals surface area contributed by atoms with Crippen LogP contribution in [0.5, 0.6) is 0 Å². The van der Waals surface area contributed by atoms with Crippen molar-refractivity contribution >= 4 is 51.7 Å². The molecule has 2 aromatic rings. The molecular weight excluding hydrogens is 454 g/mol. The van der Waals surface area contributed by atoms with Crippen LogP contribution in [-0.2, 0) is 4.79 Å². The number of anilines is 1. The Morgan fingerprint density at radius 2 is 1.88 bits per heavy atom. The number of pyridine rings is 1. The molecule has 9 heteroatoms. The summed E-state index contributed by atoms with van der Waals surface area (Å²) in [6.07, 6.45) is 7.82. The smallest absolute Gasteiger partial charge is 0.267 e. The first-order chi connectivity index (χ1) is 15.9. The molecule has 2 aromatic heterocycles. The Bertz CT molecular complexity index is 1150. The van der Waals surface area contributed by atoms with E-state index in [1.54, 1.807) is 21.6 Å². The van der Waals surface area contributed by atoms with Crippen LogP contribution >= 0.6 is 24.0 Å². The summed E-state index contributed by atoms with van der Waals surface area (Å²) < 4.78 is 2.14. The van der Waals surface area contributed by atoms with Crippen LogP contribution < -0.4 is 10.5 Å². The number of hydrogen-bond acceptors (Lipinski definition) is 7. The largest absolute Gasteiger partial charge is 0.353 e. The van der Waals surface area contributed by atoms with Gasteiger partial charge in [-0.3, -0.25) is 18.9 Å². The fourth-order valence-electron chi connectivity index (χ4n) is 4.15. The fourth-order valence-corrected chi connectivity index (χ4v) is 5.44. The number of unbranched alkanes of at least 4 members (excludes halogenated alkanes) is 3. The van der Waals surface area contributed by atoms with Crippen LogP contribution in [0.3, 0.4) is 0 Å². The number of thiocarbonyl (C=S) groups is 1. The lowest BCUT2D eigenvalue weighted by atomic mass is 10.2. The van der Waals surface area contributed by atoms with E-state index in [9.17, 15) is 9.59 Å². The molecule has 0 radical (unpaired) electrons. The maximum absolute atomic E-state index is 13.6. The average Bonchev–Trinajstić information content (AvgIpc) is 3.06. The molecular formula is C24H31N5O2S2. The second kappa shape index (κ2) is 10.4. The number of likely N-dealkylation sites (N-methyl/N-ethyl adjacent to an activating group) is 1. The van der Waals surface area contributed by atoms with Gasteiger partial charge in [0.25, 0.3) is 11.5 Å². The number of piperazine rings is 1. The number of aryl methyl sites for hydroxylation is 1. The minimum atomic E-state index is -0.161. The zero-order valence-electron chi connectivity index (χ0n) is 19.5. The van der Waals surface area contributed by atoms with E-state index >= 15 is 0 Å². The molecule has 4 rings (SSSR count). The van der Waals surface area contributed by atoms with Crippen molar-refractivity contribution in [3.8, 4) is 0 Å². The zero-order chi connectivity index (χ0) is 23.5. The first-order valence-corrected chi connectivity index (χ1v) is 12.8. The van der Waals surface area contributed by atoms with Crippen molar-refractivity contribution < 1.29 is 4.79 Å². The number of aromatic nitrogens is 2. The Labute approximate surface area is 204 Å². The van der Waals surface area contributed by atoms with Gasteiger partial charge in [-0.15, -0.1) is 0 Å². The van der Waals surface area contributed by atoms with Gasteiger partial charge < -0.3 is 9.80 Å². The van der Waals surface area contributed by atoms with Crippen LogP contribution in [0, 0.1) is 6.92 Å². The maximum atomic E-state index is 13.6. The fraction of sp³-hybridized carbons (Fsp3) is 0.500. The summed E-state index contributed by atoms with van der Waals surface area (Å²) in [5.41, 5.74) is 1.88. The standard InChI is InChI=1S/C24H31N5O2S2/c1-4-5-6-7-10-28-23(31)19(33-24(28)32)15-18-21(27-13-11-26(3)12-14-27)25-20-9-8-17(2)16-29(20)22(18)30/h8-9,15-16H,4-7,10-14H2,1-3H3/b19-15-. The van der Waals surface area contributed by atoms with Crippen LogP contribution in [-0.4, -0.2) is 69.2 Å². The molecule has 0 unspecified atom stereocenters. The van der Waals surface area contributed by atoms with E-state index in [1.165, 1.54) is 11.8 Å². The van der Waals surface area contributed by atoms with E-state index in [0.717, 1.165) is 57.4 Å². The van der Waals surface area contributed by atoms with Crippen molar-refractivity contribution in [2.45, 2.75) is 39.5 Å². The second-order valence-electron chi connectivity index (χ2n) is 8.77. The molecule has 2 aliphatic rings. The molecule has 0 N–H and O–H groups in total. The zero-order valence-corrected chi connectivity index (χ0v) is 21.2. The van der Waals surface area contributed by atoms with Crippen LogP contribution in [0.25, 0.3) is 11.7 Å². The van der Waals surface area contributed by atoms with E-state index in [4.69, 9.17) is 17.2 Å². The molecule has 0 aromatic carbocycles. The number of amides is 1. The van der Waals surface area contributed by atoms with Crippen LogP contribution in [0.4, 0.5) is 5.82 Å². The van der Waals surface area contributed by atoms with E-state index in [0.29, 0.717) is 32.8 Å². The Morgan fingerprint density at radius 1 is 1.12 bits per heavy atom. The summed E-state index contributed by atoms with van der Waals surface area (Å²) in [7, 11) is 2.09. The van der Waals surface area contributed by atoms with E-state index in [-0.39, 0.29) is 11.5 Å². The van der Waals surface area contributed by atoms with Gasteiger partial charge in [-0.2, -0.15) is 0 Å². The number of carbonyl (C=O) groups is 1. The molecule has 7 nitrogen and oxygen atoms in total. The monoisotopic (exact) mass is 485 g/mol. The van der Waals surface area contributed by atoms with Gasteiger partial charge in [0, 0.05) is 38.9 Å². The first-order valence-electron chi connectivity index (χ1n) is 11.6. The molecule has 4 heterocycles. The van der Waals surface area contributed by atoms with Crippen LogP contribution in [0.15, 0.2) is 28.0 Å². The van der Waals surface area contributed by atoms with Crippen LogP contribution in [0.2, 0.25) is 0 Å². The van der Waals surface area contributed by atoms with Gasteiger partial charge in [0.1, 0.15) is 15.8 Å². The second-order valence-corrected chi connectivity index (χ2v) is 10.4. The van der Waals surface area contributed by atoms with Crippen molar-refractivity contribution in [1.29, 1.82) is 0 Å². The molecule has 0 aliphatic carbocycles. The highest BCUT2D eigenvalue weighted by molar-refractivity contribution is 8.26. The Hall–Kier alpha value is -2.23. The lowest BCUT2D eigenvalue weighted by Gasteiger charge is -2.34. The Morgan fingerprint density at radius 3 is 2.61 bits per heavy atom. The molecule has 176 valence electrons. The molecule has 2 aliphatic heterocycles. The van der Waals surface area contributed by atoms with Crippen LogP contribution in [0.1, 0.15) is 43.7 Å². The van der Waals surface area contributed by atoms with Gasteiger partial charge in [-0.05, 0) is 38.1 Å². The number of rotatable bonds is 7. The third-order valence-electron chi connectivity index (χ3n) is 6.17. The third kappa shape index (κ3) is 5.15. The number of fused-ring (bicyclic) bond motifs is 1. The van der Waals surface area contributed by atoms with Crippen molar-refractivity contribution in [1.82, 2.24) is 19.2 Å². The molecule has 0 atom stereocenters. The lowest BCUT2D eigenvalue weighted by Crippen LogP contribution is -2.45. The summed E-state index contributed by atoms with van der Waals surface area (Å²) in [6, 6.07) is 3.83. The Kier molecular flexibility index (Phi) is 7.51. The van der Waals surface area contributed by atoms with Crippen molar-refractivity contribution in [3.05, 3.63) is 44.7 Å². The molecule has 1 amide bonds. The molecule has 0 bridgehead atoms. The predicted molar refractivity (Wildman–Crippen MR) is 140 cm³/mol. The summed E-state index contributed by atoms with van der Waals surface area (Å²) >= 11 is 6.78. The lowest BCUT2D eigenvalue weighted by molar-refractivity contribution is -0.122. The van der Waals surface area contributed by atoms with Gasteiger partial charge in [-0.1, -0.05) is 56.2 Å². The van der Waals surface area contributed by atoms with E-state index in [1.807, 2.05) is 19.1 Å². The summed E-state index contributed by atoms with van der Waals surface area (Å²) in [4.78, 5) is 38.2. The minimum Gasteiger partial charge on any atom is -0.353 e. The number of thioether (sulfide) groups is 1. The summed E-state index contributed by atoms with van der Waals surface area (Å²) in [5.74, 6) is 0.532. The normalized spacial score (nSPS) is 18.8. The van der Waals surface area contributed by atoms with Gasteiger partial charge in [-0.25, -0.2) is 4.98 Å². The highest BCUT2D eigenvalue weighted by atomic mass is 32.2. The van der Waals surface area contributed by atoms with Crippen molar-refractivity contribution in [2.75, 3.05) is 44.7 Å². The van der Waals surface area contributed by atoms with Gasteiger partial charge >= 0.3 is 0 Å². The highest BCUT2D eigenvalue weighted by Crippen LogP contribution is 2.34. The SMILES string of the molecule is CCCCCCN1C(=O)/C(=C/c2c(N3CCN(C)CC3)nc3ccc(C)cn3c2=O)SC1=S. The van der Waals surface area contributed by atoms with Gasteiger partial charge in [0.05, 0.1) is 10.5 Å². The predicted octanol–water partition coefficient (Wildman–Crippen LogP) is 3.54. The third-order valence-corrected chi connectivity index (χ3v) is 7.55. The quantitative estimate of drug-likeness (QED) is 0.338. The topological polar surface area (TPSA) is 61.2 Å². The molecule has 2 saturated heterocycles. The highest BCUT2D eigenvalue weighted by Gasteiger charge is 2.32. The van der Waals surface area contributed by atoms with E-state index < -0.39 is 0 Å². The Balaban J connectivity index is 1.72. The average molecular weight is 486 g/mol. The number of hydrogen-bond donors (Lipinski definition) is 0.